The summed E-state index contributed by atoms with van der Waals surface area (Å²) in [4.78, 5) is 16.6. The number of aromatic nitrogens is 1. The van der Waals surface area contributed by atoms with Gasteiger partial charge in [0.25, 0.3) is 5.91 Å². The fourth-order valence-electron chi connectivity index (χ4n) is 3.01. The molecule has 0 aliphatic carbocycles. The third-order valence-electron chi connectivity index (χ3n) is 4.55. The van der Waals surface area contributed by atoms with Crippen molar-refractivity contribution in [3.8, 4) is 28.7 Å². The van der Waals surface area contributed by atoms with Gasteiger partial charge in [-0.25, -0.2) is 0 Å². The quantitative estimate of drug-likeness (QED) is 0.389. The number of rotatable bonds is 5. The number of nitrogens with one attached hydrogen (secondary N) is 1. The van der Waals surface area contributed by atoms with Crippen molar-refractivity contribution >= 4 is 34.1 Å². The number of pyridine rings is 1. The smallest absolute Gasteiger partial charge is 0.259 e. The van der Waals surface area contributed by atoms with Crippen molar-refractivity contribution in [2.75, 3.05) is 12.4 Å². The van der Waals surface area contributed by atoms with Crippen LogP contribution in [0.3, 0.4) is 0 Å². The van der Waals surface area contributed by atoms with Gasteiger partial charge >= 0.3 is 0 Å². The molecule has 0 aliphatic heterocycles. The molecule has 1 heterocycles. The van der Waals surface area contributed by atoms with Crippen LogP contribution in [0.1, 0.15) is 10.4 Å². The lowest BCUT2D eigenvalue weighted by Gasteiger charge is -2.12. The van der Waals surface area contributed by atoms with E-state index in [0.29, 0.717) is 38.9 Å². The molecule has 0 fully saturated rings. The number of amides is 1. The van der Waals surface area contributed by atoms with E-state index in [-0.39, 0.29) is 17.1 Å². The second kappa shape index (κ2) is 8.41. The molecule has 0 radical (unpaired) electrons. The molecule has 0 atom stereocenters. The molecule has 1 aromatic heterocycles. The van der Waals surface area contributed by atoms with Gasteiger partial charge in [0.2, 0.25) is 0 Å². The van der Waals surface area contributed by atoms with E-state index in [1.807, 2.05) is 0 Å². The molecule has 4 aromatic rings. The first-order chi connectivity index (χ1) is 14.9. The number of ether oxygens (including phenoxy) is 2. The number of halogens is 1. The summed E-state index contributed by atoms with van der Waals surface area (Å²) in [6, 6.07) is 15.8. The number of phenolic OH excluding ortho intramolecular Hbond substituents is 2. The molecule has 3 aromatic carbocycles. The molecule has 31 heavy (non-hydrogen) atoms. The molecule has 0 saturated heterocycles. The predicted octanol–water partition coefficient (Wildman–Crippen LogP) is 5.35. The lowest BCUT2D eigenvalue weighted by molar-refractivity contribution is 0.102. The second-order valence-electron chi connectivity index (χ2n) is 6.59. The highest BCUT2D eigenvalue weighted by Gasteiger charge is 2.13. The number of nitrogens with zero attached hydrogens (tertiary/aromatic N) is 1. The van der Waals surface area contributed by atoms with E-state index in [4.69, 9.17) is 21.1 Å². The number of benzene rings is 3. The lowest BCUT2D eigenvalue weighted by atomic mass is 10.1. The van der Waals surface area contributed by atoms with Crippen LogP contribution in [-0.4, -0.2) is 28.2 Å². The standard InChI is InChI=1S/C23H17ClN2O5/c1-30-22-11-16-18(12-20(22)28)25-9-8-21(16)31-15-5-3-14(4-6-15)26-23(29)17-10-13(24)2-7-19(17)27/h2-12,27-28H,1H3,(H,26,29). The van der Waals surface area contributed by atoms with Crippen LogP contribution in [0.4, 0.5) is 5.69 Å². The van der Waals surface area contributed by atoms with Crippen LogP contribution >= 0.6 is 11.6 Å². The number of anilines is 1. The van der Waals surface area contributed by atoms with Gasteiger partial charge in [-0.15, -0.1) is 0 Å². The van der Waals surface area contributed by atoms with Gasteiger partial charge in [-0.05, 0) is 54.6 Å². The molecular weight excluding hydrogens is 420 g/mol. The number of hydrogen-bond donors (Lipinski definition) is 3. The highest BCUT2D eigenvalue weighted by atomic mass is 35.5. The molecule has 0 aliphatic rings. The highest BCUT2D eigenvalue weighted by molar-refractivity contribution is 6.31. The van der Waals surface area contributed by atoms with Crippen LogP contribution in [0, 0.1) is 0 Å². The fraction of sp³-hybridized carbons (Fsp3) is 0.0435. The number of aromatic hydroxyl groups is 2. The average molecular weight is 437 g/mol. The Balaban J connectivity index is 1.54. The molecule has 0 saturated carbocycles. The van der Waals surface area contributed by atoms with Gasteiger partial charge in [0, 0.05) is 28.4 Å². The Morgan fingerprint density at radius 1 is 0.968 bits per heavy atom. The van der Waals surface area contributed by atoms with Gasteiger partial charge in [0.05, 0.1) is 18.2 Å². The van der Waals surface area contributed by atoms with Gasteiger partial charge in [-0.3, -0.25) is 9.78 Å². The topological polar surface area (TPSA) is 101 Å². The first-order valence-electron chi connectivity index (χ1n) is 9.18. The van der Waals surface area contributed by atoms with Crippen molar-refractivity contribution in [1.29, 1.82) is 0 Å². The number of fused-ring (bicyclic) bond motifs is 1. The number of hydrogen-bond acceptors (Lipinski definition) is 6. The molecule has 0 unspecified atom stereocenters. The number of methoxy groups -OCH3 is 1. The van der Waals surface area contributed by atoms with E-state index in [9.17, 15) is 15.0 Å². The van der Waals surface area contributed by atoms with Gasteiger partial charge in [0.1, 0.15) is 17.2 Å². The summed E-state index contributed by atoms with van der Waals surface area (Å²) >= 11 is 5.90. The van der Waals surface area contributed by atoms with E-state index < -0.39 is 5.91 Å². The Hall–Kier alpha value is -3.97. The molecule has 8 heteroatoms. The van der Waals surface area contributed by atoms with E-state index in [0.717, 1.165) is 0 Å². The second-order valence-corrected chi connectivity index (χ2v) is 7.03. The molecule has 0 spiro atoms. The van der Waals surface area contributed by atoms with E-state index in [1.54, 1.807) is 42.6 Å². The molecule has 0 bridgehead atoms. The molecular formula is C23H17ClN2O5. The van der Waals surface area contributed by atoms with Crippen LogP contribution in [0.5, 0.6) is 28.7 Å². The SMILES string of the molecule is COc1cc2c(Oc3ccc(NC(=O)c4cc(Cl)ccc4O)cc3)ccnc2cc1O. The van der Waals surface area contributed by atoms with Crippen LogP contribution in [0.25, 0.3) is 10.9 Å². The summed E-state index contributed by atoms with van der Waals surface area (Å²) in [5.41, 5.74) is 1.15. The van der Waals surface area contributed by atoms with Crippen molar-refractivity contribution in [3.05, 3.63) is 77.4 Å². The summed E-state index contributed by atoms with van der Waals surface area (Å²) in [5.74, 6) is 0.721. The van der Waals surface area contributed by atoms with Crippen LogP contribution in [0.15, 0.2) is 66.9 Å². The number of carbonyl (C=O) groups is 1. The summed E-state index contributed by atoms with van der Waals surface area (Å²) < 4.78 is 11.1. The van der Waals surface area contributed by atoms with E-state index in [2.05, 4.69) is 10.3 Å². The summed E-state index contributed by atoms with van der Waals surface area (Å²) in [7, 11) is 1.47. The van der Waals surface area contributed by atoms with Crippen LogP contribution in [-0.2, 0) is 0 Å². The lowest BCUT2D eigenvalue weighted by Crippen LogP contribution is -2.12. The van der Waals surface area contributed by atoms with E-state index >= 15 is 0 Å². The van der Waals surface area contributed by atoms with Crippen molar-refractivity contribution in [1.82, 2.24) is 4.98 Å². The minimum atomic E-state index is -0.485. The Labute approximate surface area is 182 Å². The first kappa shape index (κ1) is 20.3. The normalized spacial score (nSPS) is 10.6. The Morgan fingerprint density at radius 3 is 2.48 bits per heavy atom. The minimum absolute atomic E-state index is 0.00881. The zero-order chi connectivity index (χ0) is 22.0. The van der Waals surface area contributed by atoms with E-state index in [1.165, 1.54) is 31.4 Å². The molecule has 156 valence electrons. The van der Waals surface area contributed by atoms with Crippen molar-refractivity contribution in [2.45, 2.75) is 0 Å². The Bertz CT molecular complexity index is 1280. The van der Waals surface area contributed by atoms with Crippen LogP contribution < -0.4 is 14.8 Å². The predicted molar refractivity (Wildman–Crippen MR) is 118 cm³/mol. The fourth-order valence-corrected chi connectivity index (χ4v) is 3.18. The third-order valence-corrected chi connectivity index (χ3v) is 4.78. The van der Waals surface area contributed by atoms with Gasteiger partial charge in [0.15, 0.2) is 11.5 Å². The Kier molecular flexibility index (Phi) is 5.51. The van der Waals surface area contributed by atoms with Gasteiger partial charge < -0.3 is 25.0 Å². The molecule has 4 rings (SSSR count). The van der Waals surface area contributed by atoms with Gasteiger partial charge in [-0.2, -0.15) is 0 Å². The van der Waals surface area contributed by atoms with Crippen molar-refractivity contribution < 1.29 is 24.5 Å². The molecule has 1 amide bonds. The zero-order valence-electron chi connectivity index (χ0n) is 16.3. The summed E-state index contributed by atoms with van der Waals surface area (Å²) in [5, 5.41) is 23.5. The van der Waals surface area contributed by atoms with Crippen molar-refractivity contribution in [2.24, 2.45) is 0 Å². The Morgan fingerprint density at radius 2 is 1.74 bits per heavy atom. The number of carbonyl (C=O) groups excluding carboxylic acids is 1. The third kappa shape index (κ3) is 4.31. The summed E-state index contributed by atoms with van der Waals surface area (Å²) in [6.07, 6.45) is 1.58. The largest absolute Gasteiger partial charge is 0.507 e. The zero-order valence-corrected chi connectivity index (χ0v) is 17.1. The maximum atomic E-state index is 12.4. The first-order valence-corrected chi connectivity index (χ1v) is 9.56. The maximum absolute atomic E-state index is 12.4. The monoisotopic (exact) mass is 436 g/mol. The maximum Gasteiger partial charge on any atom is 0.259 e. The van der Waals surface area contributed by atoms with Crippen molar-refractivity contribution in [3.63, 3.8) is 0 Å². The van der Waals surface area contributed by atoms with Gasteiger partial charge in [-0.1, -0.05) is 11.6 Å². The highest BCUT2D eigenvalue weighted by Crippen LogP contribution is 2.36. The molecule has 3 N–H and O–H groups in total. The van der Waals surface area contributed by atoms with Crippen LogP contribution in [0.2, 0.25) is 5.02 Å². The minimum Gasteiger partial charge on any atom is -0.507 e. The summed E-state index contributed by atoms with van der Waals surface area (Å²) in [6.45, 7) is 0. The average Bonchev–Trinajstić information content (AvgIpc) is 2.76. The number of phenols is 2. The molecule has 7 nitrogen and oxygen atoms in total.